The van der Waals surface area contributed by atoms with Gasteiger partial charge >= 0.3 is 5.97 Å². The fourth-order valence-corrected chi connectivity index (χ4v) is 7.11. The van der Waals surface area contributed by atoms with Gasteiger partial charge in [-0.25, -0.2) is 0 Å². The molecular weight excluding hydrogens is 442 g/mol. The second-order valence-electron chi connectivity index (χ2n) is 11.5. The first kappa shape index (κ1) is 23.7. The van der Waals surface area contributed by atoms with E-state index >= 15 is 0 Å². The van der Waals surface area contributed by atoms with Crippen LogP contribution >= 0.6 is 0 Å². The van der Waals surface area contributed by atoms with Crippen LogP contribution in [0.5, 0.6) is 0 Å². The molecule has 3 nitrogen and oxygen atoms in total. The molecule has 1 heterocycles. The van der Waals surface area contributed by atoms with Gasteiger partial charge in [0, 0.05) is 19.0 Å². The van der Waals surface area contributed by atoms with Crippen LogP contribution in [0.25, 0.3) is 10.8 Å². The van der Waals surface area contributed by atoms with Crippen LogP contribution in [0, 0.1) is 11.8 Å². The molecule has 188 valence electrons. The number of hydrogen-bond donors (Lipinski definition) is 0. The lowest BCUT2D eigenvalue weighted by atomic mass is 9.66. The van der Waals surface area contributed by atoms with Crippen LogP contribution in [-0.2, 0) is 21.4 Å². The zero-order valence-electron chi connectivity index (χ0n) is 21.4. The molecule has 0 N–H and O–H groups in total. The fraction of sp³-hybridized carbons (Fsp3) is 0.485. The summed E-state index contributed by atoms with van der Waals surface area (Å²) in [7, 11) is 0. The monoisotopic (exact) mass is 481 g/mol. The lowest BCUT2D eigenvalue weighted by molar-refractivity contribution is -0.176. The summed E-state index contributed by atoms with van der Waals surface area (Å²) < 4.78 is 6.36. The van der Waals surface area contributed by atoms with E-state index in [1.807, 2.05) is 6.07 Å². The summed E-state index contributed by atoms with van der Waals surface area (Å²) in [6.07, 6.45) is 9.95. The number of esters is 1. The van der Waals surface area contributed by atoms with E-state index in [1.54, 1.807) is 0 Å². The first-order chi connectivity index (χ1) is 17.7. The molecule has 0 aromatic heterocycles. The van der Waals surface area contributed by atoms with E-state index in [9.17, 15) is 4.79 Å². The van der Waals surface area contributed by atoms with Crippen molar-refractivity contribution >= 4 is 16.7 Å². The summed E-state index contributed by atoms with van der Waals surface area (Å²) in [5.74, 6) is 1.28. The topological polar surface area (TPSA) is 29.5 Å². The molecule has 0 amide bonds. The van der Waals surface area contributed by atoms with E-state index in [0.29, 0.717) is 11.8 Å². The smallest absolute Gasteiger partial charge is 0.316 e. The summed E-state index contributed by atoms with van der Waals surface area (Å²) in [4.78, 5) is 16.4. The number of piperidine rings is 1. The van der Waals surface area contributed by atoms with Crippen LogP contribution < -0.4 is 0 Å². The maximum Gasteiger partial charge on any atom is 0.316 e. The first-order valence-electron chi connectivity index (χ1n) is 14.2. The second-order valence-corrected chi connectivity index (χ2v) is 11.5. The van der Waals surface area contributed by atoms with Gasteiger partial charge in [0.05, 0.1) is 5.41 Å². The standard InChI is InChI=1S/C33H39NO2/c35-32(33(18-8-1-2-9-19-33)29-12-4-3-5-13-29)36-31-23-28-24-34(21-17-30(28)31)20-16-25-14-15-26-10-6-7-11-27(26)22-25/h3-7,10-15,22,28,30-31H,1-2,8-9,16-21,23-24H2/t28?,30?,31-/m0/s1. The van der Waals surface area contributed by atoms with Crippen LogP contribution in [0.1, 0.15) is 62.5 Å². The number of carbonyl (C=O) groups is 1. The Hall–Kier alpha value is -2.65. The van der Waals surface area contributed by atoms with Crippen molar-refractivity contribution in [3.05, 3.63) is 83.9 Å². The molecule has 2 aliphatic carbocycles. The molecule has 3 aliphatic rings. The van der Waals surface area contributed by atoms with Gasteiger partial charge in [0.1, 0.15) is 6.10 Å². The Morgan fingerprint density at radius 3 is 2.42 bits per heavy atom. The Balaban J connectivity index is 1.04. The van der Waals surface area contributed by atoms with E-state index in [-0.39, 0.29) is 12.1 Å². The van der Waals surface area contributed by atoms with Crippen molar-refractivity contribution in [1.82, 2.24) is 4.90 Å². The molecule has 0 bridgehead atoms. The third-order valence-electron chi connectivity index (χ3n) is 9.35. The average Bonchev–Trinajstić information content (AvgIpc) is 3.18. The second kappa shape index (κ2) is 10.4. The molecule has 0 spiro atoms. The maximum absolute atomic E-state index is 13.7. The molecule has 2 saturated carbocycles. The molecule has 2 unspecified atom stereocenters. The van der Waals surface area contributed by atoms with Gasteiger partial charge < -0.3 is 9.64 Å². The fourth-order valence-electron chi connectivity index (χ4n) is 7.11. The van der Waals surface area contributed by atoms with Gasteiger partial charge in [-0.2, -0.15) is 0 Å². The third-order valence-corrected chi connectivity index (χ3v) is 9.35. The number of fused-ring (bicyclic) bond motifs is 2. The molecule has 3 fully saturated rings. The number of rotatable bonds is 6. The number of nitrogens with zero attached hydrogens (tertiary/aromatic N) is 1. The molecule has 3 aromatic carbocycles. The van der Waals surface area contributed by atoms with Crippen molar-refractivity contribution < 1.29 is 9.53 Å². The Morgan fingerprint density at radius 1 is 0.889 bits per heavy atom. The highest BCUT2D eigenvalue weighted by atomic mass is 16.5. The minimum atomic E-state index is -0.441. The minimum Gasteiger partial charge on any atom is -0.461 e. The van der Waals surface area contributed by atoms with Gasteiger partial charge in [-0.15, -0.1) is 0 Å². The van der Waals surface area contributed by atoms with Gasteiger partial charge in [-0.3, -0.25) is 4.79 Å². The first-order valence-corrected chi connectivity index (χ1v) is 14.2. The van der Waals surface area contributed by atoms with Crippen LogP contribution in [0.4, 0.5) is 0 Å². The van der Waals surface area contributed by atoms with E-state index in [2.05, 4.69) is 71.6 Å². The lowest BCUT2D eigenvalue weighted by Crippen LogP contribution is -2.55. The molecular formula is C33H39NO2. The maximum atomic E-state index is 13.7. The summed E-state index contributed by atoms with van der Waals surface area (Å²) in [5.41, 5.74) is 2.14. The zero-order valence-corrected chi connectivity index (χ0v) is 21.4. The minimum absolute atomic E-state index is 0.0535. The highest BCUT2D eigenvalue weighted by molar-refractivity contribution is 5.84. The van der Waals surface area contributed by atoms with E-state index in [0.717, 1.165) is 70.1 Å². The molecule has 3 heteroatoms. The van der Waals surface area contributed by atoms with E-state index < -0.39 is 5.41 Å². The molecule has 6 rings (SSSR count). The van der Waals surface area contributed by atoms with Crippen LogP contribution in [-0.4, -0.2) is 36.6 Å². The average molecular weight is 482 g/mol. The normalized spacial score (nSPS) is 25.9. The number of ether oxygens (including phenoxy) is 1. The van der Waals surface area contributed by atoms with Gasteiger partial charge in [-0.05, 0) is 66.5 Å². The Kier molecular flexibility index (Phi) is 6.84. The number of benzene rings is 3. The molecule has 1 aliphatic heterocycles. The van der Waals surface area contributed by atoms with Gasteiger partial charge in [-0.1, -0.05) is 98.5 Å². The summed E-state index contributed by atoms with van der Waals surface area (Å²) in [6, 6.07) is 26.0. The Labute approximate surface area is 215 Å². The van der Waals surface area contributed by atoms with Crippen molar-refractivity contribution in [2.24, 2.45) is 11.8 Å². The number of hydrogen-bond acceptors (Lipinski definition) is 3. The number of likely N-dealkylation sites (tertiary alicyclic amines) is 1. The highest BCUT2D eigenvalue weighted by Crippen LogP contribution is 2.46. The van der Waals surface area contributed by atoms with Crippen molar-refractivity contribution in [1.29, 1.82) is 0 Å². The molecule has 1 saturated heterocycles. The lowest BCUT2D eigenvalue weighted by Gasteiger charge is -2.51. The summed E-state index contributed by atoms with van der Waals surface area (Å²) in [5, 5.41) is 2.65. The van der Waals surface area contributed by atoms with Gasteiger partial charge in [0.2, 0.25) is 0 Å². The molecule has 3 aromatic rings. The highest BCUT2D eigenvalue weighted by Gasteiger charge is 2.49. The summed E-state index contributed by atoms with van der Waals surface area (Å²) >= 11 is 0. The third kappa shape index (κ3) is 4.70. The van der Waals surface area contributed by atoms with Gasteiger partial charge in [0.15, 0.2) is 0 Å². The SMILES string of the molecule is O=C(O[C@H]1CC2CN(CCc3ccc4ccccc4c3)CCC21)C1(c2ccccc2)CCCCCC1. The van der Waals surface area contributed by atoms with E-state index in [4.69, 9.17) is 4.74 Å². The summed E-state index contributed by atoms with van der Waals surface area (Å²) in [6.45, 7) is 3.38. The van der Waals surface area contributed by atoms with E-state index in [1.165, 1.54) is 29.2 Å². The van der Waals surface area contributed by atoms with Crippen molar-refractivity contribution in [2.75, 3.05) is 19.6 Å². The molecule has 3 atom stereocenters. The largest absolute Gasteiger partial charge is 0.461 e. The Morgan fingerprint density at radius 2 is 1.64 bits per heavy atom. The zero-order chi connectivity index (χ0) is 24.4. The predicted octanol–water partition coefficient (Wildman–Crippen LogP) is 6.93. The molecule has 36 heavy (non-hydrogen) atoms. The quantitative estimate of drug-likeness (QED) is 0.282. The van der Waals surface area contributed by atoms with Crippen LogP contribution in [0.3, 0.4) is 0 Å². The Bertz CT molecular complexity index is 1180. The predicted molar refractivity (Wildman–Crippen MR) is 146 cm³/mol. The molecule has 0 radical (unpaired) electrons. The van der Waals surface area contributed by atoms with Gasteiger partial charge in [0.25, 0.3) is 0 Å². The van der Waals surface area contributed by atoms with Crippen molar-refractivity contribution in [2.45, 2.75) is 69.3 Å². The van der Waals surface area contributed by atoms with Crippen molar-refractivity contribution in [3.8, 4) is 0 Å². The van der Waals surface area contributed by atoms with Crippen molar-refractivity contribution in [3.63, 3.8) is 0 Å². The number of carbonyl (C=O) groups excluding carboxylic acids is 1. The van der Waals surface area contributed by atoms with Crippen LogP contribution in [0.15, 0.2) is 72.8 Å². The van der Waals surface area contributed by atoms with Crippen LogP contribution in [0.2, 0.25) is 0 Å².